The molecule has 0 spiro atoms. The Labute approximate surface area is 130 Å². The fraction of sp³-hybridized carbons (Fsp3) is 0.389. The van der Waals surface area contributed by atoms with Crippen molar-refractivity contribution >= 4 is 11.3 Å². The van der Waals surface area contributed by atoms with Gasteiger partial charge in [0.25, 0.3) is 0 Å². The summed E-state index contributed by atoms with van der Waals surface area (Å²) in [5.41, 5.74) is 2.09. The zero-order valence-corrected chi connectivity index (χ0v) is 12.9. The Morgan fingerprint density at radius 2 is 2.29 bits per heavy atom. The smallest absolute Gasteiger partial charge is 0.0991 e. The van der Waals surface area contributed by atoms with Crippen molar-refractivity contribution in [3.05, 3.63) is 57.8 Å². The molecular formula is C18H20N2S. The van der Waals surface area contributed by atoms with Gasteiger partial charge in [-0.25, -0.2) is 0 Å². The molecule has 0 bridgehead atoms. The Bertz CT molecular complexity index is 606. The maximum atomic E-state index is 9.15. The molecule has 1 saturated heterocycles. The minimum absolute atomic E-state index is 0.504. The predicted molar refractivity (Wildman–Crippen MR) is 87.5 cm³/mol. The third-order valence-electron chi connectivity index (χ3n) is 4.35. The van der Waals surface area contributed by atoms with Gasteiger partial charge < -0.3 is 5.32 Å². The van der Waals surface area contributed by atoms with E-state index in [4.69, 9.17) is 5.26 Å². The van der Waals surface area contributed by atoms with Crippen LogP contribution in [0.1, 0.15) is 34.8 Å². The minimum Gasteiger partial charge on any atom is -0.316 e. The van der Waals surface area contributed by atoms with E-state index in [1.54, 1.807) is 0 Å². The van der Waals surface area contributed by atoms with Gasteiger partial charge in [-0.15, -0.1) is 11.3 Å². The summed E-state index contributed by atoms with van der Waals surface area (Å²) in [4.78, 5) is 1.44. The van der Waals surface area contributed by atoms with E-state index in [2.05, 4.69) is 41.0 Å². The van der Waals surface area contributed by atoms with Gasteiger partial charge in [-0.3, -0.25) is 0 Å². The molecule has 1 aliphatic heterocycles. The lowest BCUT2D eigenvalue weighted by Crippen LogP contribution is -2.34. The van der Waals surface area contributed by atoms with Gasteiger partial charge in [-0.05, 0) is 73.3 Å². The van der Waals surface area contributed by atoms with Crippen molar-refractivity contribution in [3.63, 3.8) is 0 Å². The second-order valence-electron chi connectivity index (χ2n) is 5.73. The van der Waals surface area contributed by atoms with Crippen molar-refractivity contribution in [2.24, 2.45) is 5.92 Å². The van der Waals surface area contributed by atoms with E-state index in [1.807, 2.05) is 23.5 Å². The third kappa shape index (κ3) is 3.53. The van der Waals surface area contributed by atoms with E-state index in [9.17, 15) is 0 Å². The van der Waals surface area contributed by atoms with Crippen LogP contribution in [0.15, 0.2) is 41.8 Å². The SMILES string of the molecule is N#Cc1cccc(C(Cc2cccs2)C2CCCNC2)c1. The molecule has 1 aromatic heterocycles. The summed E-state index contributed by atoms with van der Waals surface area (Å²) in [5.74, 6) is 1.17. The molecule has 2 nitrogen and oxygen atoms in total. The normalized spacial score (nSPS) is 19.9. The first kappa shape index (κ1) is 14.3. The van der Waals surface area contributed by atoms with Crippen LogP contribution in [0.25, 0.3) is 0 Å². The van der Waals surface area contributed by atoms with E-state index in [1.165, 1.54) is 23.3 Å². The second-order valence-corrected chi connectivity index (χ2v) is 6.77. The highest BCUT2D eigenvalue weighted by atomic mass is 32.1. The van der Waals surface area contributed by atoms with Crippen molar-refractivity contribution in [3.8, 4) is 6.07 Å². The van der Waals surface area contributed by atoms with Crippen LogP contribution in [0.3, 0.4) is 0 Å². The van der Waals surface area contributed by atoms with Crippen molar-refractivity contribution in [1.82, 2.24) is 5.32 Å². The number of hydrogen-bond donors (Lipinski definition) is 1. The van der Waals surface area contributed by atoms with Gasteiger partial charge in [-0.2, -0.15) is 5.26 Å². The number of nitrogens with one attached hydrogen (secondary N) is 1. The van der Waals surface area contributed by atoms with E-state index in [0.717, 1.165) is 25.1 Å². The van der Waals surface area contributed by atoms with Gasteiger partial charge in [0.2, 0.25) is 0 Å². The molecule has 108 valence electrons. The number of nitriles is 1. The molecule has 2 atom stereocenters. The molecule has 21 heavy (non-hydrogen) atoms. The molecule has 0 saturated carbocycles. The average molecular weight is 296 g/mol. The topological polar surface area (TPSA) is 35.8 Å². The summed E-state index contributed by atoms with van der Waals surface area (Å²) < 4.78 is 0. The van der Waals surface area contributed by atoms with Crippen molar-refractivity contribution in [2.45, 2.75) is 25.2 Å². The highest BCUT2D eigenvalue weighted by Gasteiger charge is 2.25. The molecule has 0 amide bonds. The quantitative estimate of drug-likeness (QED) is 0.927. The Hall–Kier alpha value is -1.63. The molecule has 3 rings (SSSR count). The molecule has 0 aliphatic carbocycles. The molecule has 0 radical (unpaired) electrons. The lowest BCUT2D eigenvalue weighted by molar-refractivity contribution is 0.321. The van der Waals surface area contributed by atoms with Crippen LogP contribution in [0.5, 0.6) is 0 Å². The number of piperidine rings is 1. The van der Waals surface area contributed by atoms with Crippen molar-refractivity contribution < 1.29 is 0 Å². The van der Waals surface area contributed by atoms with Crippen LogP contribution in [-0.2, 0) is 6.42 Å². The highest BCUT2D eigenvalue weighted by Crippen LogP contribution is 2.34. The molecule has 2 heterocycles. The summed E-state index contributed by atoms with van der Waals surface area (Å²) in [7, 11) is 0. The molecule has 1 aliphatic rings. The first-order valence-corrected chi connectivity index (χ1v) is 8.48. The van der Waals surface area contributed by atoms with Crippen LogP contribution in [0, 0.1) is 17.2 Å². The monoisotopic (exact) mass is 296 g/mol. The molecule has 2 aromatic rings. The molecular weight excluding hydrogens is 276 g/mol. The first-order valence-electron chi connectivity index (χ1n) is 7.60. The number of benzene rings is 1. The maximum absolute atomic E-state index is 9.15. The van der Waals surface area contributed by atoms with E-state index < -0.39 is 0 Å². The van der Waals surface area contributed by atoms with Crippen molar-refractivity contribution in [1.29, 1.82) is 5.26 Å². The highest BCUT2D eigenvalue weighted by molar-refractivity contribution is 7.09. The summed E-state index contributed by atoms with van der Waals surface area (Å²) in [5, 5.41) is 14.8. The largest absolute Gasteiger partial charge is 0.316 e. The summed E-state index contributed by atoms with van der Waals surface area (Å²) in [6.45, 7) is 2.23. The summed E-state index contributed by atoms with van der Waals surface area (Å²) in [6.07, 6.45) is 3.61. The van der Waals surface area contributed by atoms with Gasteiger partial charge in [0.15, 0.2) is 0 Å². The van der Waals surface area contributed by atoms with Gasteiger partial charge in [0.05, 0.1) is 11.6 Å². The Morgan fingerprint density at radius 1 is 1.33 bits per heavy atom. The molecule has 1 fully saturated rings. The fourth-order valence-electron chi connectivity index (χ4n) is 3.26. The molecule has 2 unspecified atom stereocenters. The number of thiophene rings is 1. The lowest BCUT2D eigenvalue weighted by Gasteiger charge is -2.31. The number of nitrogens with zero attached hydrogens (tertiary/aromatic N) is 1. The summed E-state index contributed by atoms with van der Waals surface area (Å²) >= 11 is 1.83. The van der Waals surface area contributed by atoms with Crippen LogP contribution >= 0.6 is 11.3 Å². The van der Waals surface area contributed by atoms with E-state index >= 15 is 0 Å². The second kappa shape index (κ2) is 6.89. The van der Waals surface area contributed by atoms with Crippen LogP contribution in [0.4, 0.5) is 0 Å². The Balaban J connectivity index is 1.88. The average Bonchev–Trinajstić information content (AvgIpc) is 3.07. The van der Waals surface area contributed by atoms with Gasteiger partial charge in [0, 0.05) is 4.88 Å². The zero-order valence-electron chi connectivity index (χ0n) is 12.1. The molecule has 1 N–H and O–H groups in total. The maximum Gasteiger partial charge on any atom is 0.0991 e. The molecule has 1 aromatic carbocycles. The van der Waals surface area contributed by atoms with Gasteiger partial charge in [0.1, 0.15) is 0 Å². The Morgan fingerprint density at radius 3 is 3.00 bits per heavy atom. The van der Waals surface area contributed by atoms with Crippen LogP contribution in [-0.4, -0.2) is 13.1 Å². The number of hydrogen-bond acceptors (Lipinski definition) is 3. The van der Waals surface area contributed by atoms with E-state index in [0.29, 0.717) is 11.8 Å². The van der Waals surface area contributed by atoms with Crippen LogP contribution in [0.2, 0.25) is 0 Å². The fourth-order valence-corrected chi connectivity index (χ4v) is 4.03. The van der Waals surface area contributed by atoms with Gasteiger partial charge >= 0.3 is 0 Å². The van der Waals surface area contributed by atoms with E-state index in [-0.39, 0.29) is 0 Å². The lowest BCUT2D eigenvalue weighted by atomic mass is 9.79. The van der Waals surface area contributed by atoms with Gasteiger partial charge in [-0.1, -0.05) is 18.2 Å². The number of rotatable bonds is 4. The third-order valence-corrected chi connectivity index (χ3v) is 5.25. The summed E-state index contributed by atoms with van der Waals surface area (Å²) in [6, 6.07) is 14.8. The van der Waals surface area contributed by atoms with Crippen LogP contribution < -0.4 is 5.32 Å². The minimum atomic E-state index is 0.504. The predicted octanol–water partition coefficient (Wildman–Crippen LogP) is 3.95. The van der Waals surface area contributed by atoms with Crippen molar-refractivity contribution in [2.75, 3.05) is 13.1 Å². The standard InChI is InChI=1S/C18H20N2S/c19-12-14-4-1-5-15(10-14)18(11-17-7-3-9-21-17)16-6-2-8-20-13-16/h1,3-5,7,9-10,16,18,20H,2,6,8,11,13H2. The first-order chi connectivity index (χ1) is 10.4. The molecule has 3 heteroatoms. The Kier molecular flexibility index (Phi) is 4.69. The zero-order chi connectivity index (χ0) is 14.5.